The minimum absolute atomic E-state index is 0.0880. The number of hydrogen-bond acceptors (Lipinski definition) is 13. The van der Waals surface area contributed by atoms with Crippen LogP contribution >= 0.6 is 34.9 Å². The number of fused-ring (bicyclic) bond motifs is 1. The van der Waals surface area contributed by atoms with Gasteiger partial charge in [0.1, 0.15) is 29.9 Å². The Balaban J connectivity index is 1.49. The predicted molar refractivity (Wildman–Crippen MR) is 119 cm³/mol. The number of rotatable bonds is 8. The molecule has 2 aromatic rings. The lowest BCUT2D eigenvalue weighted by molar-refractivity contribution is -0.150. The summed E-state index contributed by atoms with van der Waals surface area (Å²) in [7, 11) is 2.95. The van der Waals surface area contributed by atoms with E-state index >= 15 is 0 Å². The smallest absolute Gasteiger partial charge is 0.352 e. The zero-order chi connectivity index (χ0) is 23.7. The number of carboxylic acid groups (broad SMARTS) is 1. The first-order valence-corrected chi connectivity index (χ1v) is 12.1. The molecule has 0 unspecified atom stereocenters. The van der Waals surface area contributed by atoms with Crippen molar-refractivity contribution in [3.8, 4) is 0 Å². The highest BCUT2D eigenvalue weighted by atomic mass is 32.2. The number of nitrogens with one attached hydrogen (secondary N) is 1. The van der Waals surface area contributed by atoms with Crippen molar-refractivity contribution in [1.29, 1.82) is 0 Å². The van der Waals surface area contributed by atoms with E-state index in [0.29, 0.717) is 22.2 Å². The monoisotopic (exact) mass is 511 g/mol. The molecule has 4 N–H and O–H groups in total. The molecule has 0 saturated carbocycles. The topological polar surface area (TPSA) is 191 Å². The van der Waals surface area contributed by atoms with Crippen molar-refractivity contribution in [3.05, 3.63) is 22.3 Å². The molecule has 14 nitrogen and oxygen atoms in total. The molecule has 17 heteroatoms. The van der Waals surface area contributed by atoms with E-state index in [4.69, 9.17) is 10.6 Å². The number of thiazole rings is 1. The number of aliphatic carboxylic acids is 1. The van der Waals surface area contributed by atoms with Gasteiger partial charge in [-0.25, -0.2) is 14.5 Å². The van der Waals surface area contributed by atoms with E-state index in [9.17, 15) is 19.5 Å². The molecule has 1 saturated heterocycles. The second kappa shape index (κ2) is 9.36. The van der Waals surface area contributed by atoms with Crippen molar-refractivity contribution in [3.63, 3.8) is 0 Å². The summed E-state index contributed by atoms with van der Waals surface area (Å²) >= 11 is 3.75. The minimum Gasteiger partial charge on any atom is -0.477 e. The van der Waals surface area contributed by atoms with Crippen LogP contribution in [0.2, 0.25) is 0 Å². The number of carbonyl (C=O) groups is 3. The summed E-state index contributed by atoms with van der Waals surface area (Å²) in [5.74, 6) is -1.77. The first-order valence-electron chi connectivity index (χ1n) is 9.20. The van der Waals surface area contributed by atoms with Crippen LogP contribution in [0.25, 0.3) is 0 Å². The van der Waals surface area contributed by atoms with Crippen molar-refractivity contribution >= 4 is 63.5 Å². The fraction of sp³-hybridized carbons (Fsp3) is 0.375. The number of carboxylic acids is 1. The van der Waals surface area contributed by atoms with Crippen molar-refractivity contribution < 1.29 is 24.3 Å². The van der Waals surface area contributed by atoms with Crippen LogP contribution in [0.1, 0.15) is 5.69 Å². The highest BCUT2D eigenvalue weighted by Crippen LogP contribution is 2.41. The molecule has 0 radical (unpaired) electrons. The molecule has 174 valence electrons. The number of oxime groups is 1. The zero-order valence-electron chi connectivity index (χ0n) is 17.2. The maximum absolute atomic E-state index is 12.9. The number of aromatic nitrogens is 5. The third kappa shape index (κ3) is 4.38. The van der Waals surface area contributed by atoms with Gasteiger partial charge in [0.05, 0.1) is 0 Å². The Morgan fingerprint density at radius 1 is 1.48 bits per heavy atom. The van der Waals surface area contributed by atoms with Gasteiger partial charge in [-0.05, 0) is 16.0 Å². The number of carbonyl (C=O) groups excluding carboxylic acids is 2. The number of anilines is 1. The number of nitrogens with two attached hydrogens (primary N) is 1. The number of β-lactam (4-membered cyclic amide) rings is 1. The first kappa shape index (κ1) is 23.0. The summed E-state index contributed by atoms with van der Waals surface area (Å²) in [6.45, 7) is 0. The molecule has 2 aromatic heterocycles. The Hall–Kier alpha value is -3.18. The molecule has 0 spiro atoms. The van der Waals surface area contributed by atoms with E-state index < -0.39 is 29.2 Å². The van der Waals surface area contributed by atoms with Crippen LogP contribution < -0.4 is 11.1 Å². The number of aryl methyl sites for hydroxylation is 1. The number of nitrogens with zero attached hydrogens (tertiary/aromatic N) is 7. The summed E-state index contributed by atoms with van der Waals surface area (Å²) in [6.07, 6.45) is 0. The third-order valence-electron chi connectivity index (χ3n) is 4.66. The van der Waals surface area contributed by atoms with Gasteiger partial charge < -0.3 is 21.0 Å². The molecular formula is C16H17N9O5S3. The van der Waals surface area contributed by atoms with Crippen LogP contribution in [0.3, 0.4) is 0 Å². The van der Waals surface area contributed by atoms with Crippen molar-refractivity contribution in [2.24, 2.45) is 12.2 Å². The Kier molecular flexibility index (Phi) is 6.52. The Morgan fingerprint density at radius 3 is 2.88 bits per heavy atom. The van der Waals surface area contributed by atoms with Crippen LogP contribution in [0, 0.1) is 0 Å². The van der Waals surface area contributed by atoms with Gasteiger partial charge in [0, 0.05) is 23.9 Å². The fourth-order valence-electron chi connectivity index (χ4n) is 3.19. The average molecular weight is 512 g/mol. The molecule has 2 amide bonds. The van der Waals surface area contributed by atoms with Gasteiger partial charge in [-0.3, -0.25) is 14.5 Å². The maximum atomic E-state index is 12.9. The number of nitrogen functional groups attached to an aromatic ring is 1. The van der Waals surface area contributed by atoms with Gasteiger partial charge in [0.25, 0.3) is 11.8 Å². The van der Waals surface area contributed by atoms with Crippen LogP contribution in [0.4, 0.5) is 5.13 Å². The largest absolute Gasteiger partial charge is 0.477 e. The maximum Gasteiger partial charge on any atom is 0.352 e. The number of tetrazole rings is 1. The van der Waals surface area contributed by atoms with Gasteiger partial charge in [-0.1, -0.05) is 16.9 Å². The van der Waals surface area contributed by atoms with Gasteiger partial charge in [0.2, 0.25) is 5.16 Å². The quantitative estimate of drug-likeness (QED) is 0.172. The Labute approximate surface area is 198 Å². The van der Waals surface area contributed by atoms with Gasteiger partial charge in [-0.15, -0.1) is 28.2 Å². The van der Waals surface area contributed by atoms with E-state index in [0.717, 1.165) is 11.3 Å². The van der Waals surface area contributed by atoms with Gasteiger partial charge in [-0.2, -0.15) is 0 Å². The molecule has 1 fully saturated rings. The van der Waals surface area contributed by atoms with E-state index in [-0.39, 0.29) is 22.2 Å². The van der Waals surface area contributed by atoms with Gasteiger partial charge >= 0.3 is 5.97 Å². The van der Waals surface area contributed by atoms with Crippen LogP contribution in [0.15, 0.2) is 27.0 Å². The van der Waals surface area contributed by atoms with Crippen molar-refractivity contribution in [2.45, 2.75) is 16.6 Å². The van der Waals surface area contributed by atoms with Gasteiger partial charge in [0.15, 0.2) is 10.8 Å². The lowest BCUT2D eigenvalue weighted by Gasteiger charge is -2.49. The second-order valence-electron chi connectivity index (χ2n) is 6.69. The molecular weight excluding hydrogens is 494 g/mol. The lowest BCUT2D eigenvalue weighted by Crippen LogP contribution is -2.71. The summed E-state index contributed by atoms with van der Waals surface area (Å²) < 4.78 is 1.47. The first-order chi connectivity index (χ1) is 15.8. The molecule has 4 heterocycles. The normalized spacial score (nSPS) is 20.4. The van der Waals surface area contributed by atoms with Crippen molar-refractivity contribution in [2.75, 3.05) is 24.3 Å². The predicted octanol–water partition coefficient (Wildman–Crippen LogP) is -0.870. The number of hydrogen-bond donors (Lipinski definition) is 3. The number of amides is 2. The fourth-order valence-corrected chi connectivity index (χ4v) is 6.07. The van der Waals surface area contributed by atoms with Crippen molar-refractivity contribution in [1.82, 2.24) is 35.4 Å². The molecule has 2 aliphatic heterocycles. The third-order valence-corrected chi connectivity index (χ3v) is 7.77. The zero-order valence-corrected chi connectivity index (χ0v) is 19.6. The average Bonchev–Trinajstić information content (AvgIpc) is 3.40. The summed E-state index contributed by atoms with van der Waals surface area (Å²) in [5, 5.41) is 29.0. The van der Waals surface area contributed by atoms with Crippen LogP contribution in [-0.4, -0.2) is 88.7 Å². The van der Waals surface area contributed by atoms with E-state index in [1.54, 1.807) is 12.4 Å². The highest BCUT2D eigenvalue weighted by molar-refractivity contribution is 8.01. The SMILES string of the molecule is CO/N=C(/C(=O)N[C@@H]1C(=O)N2C(C(=O)O)=C(CSc3nnnn3C)CS[C@@H]12)c1csc(N)n1. The van der Waals surface area contributed by atoms with E-state index in [1.165, 1.54) is 40.2 Å². The van der Waals surface area contributed by atoms with E-state index in [2.05, 4.69) is 31.0 Å². The minimum atomic E-state index is -1.22. The van der Waals surface area contributed by atoms with E-state index in [1.807, 2.05) is 0 Å². The van der Waals surface area contributed by atoms with Crippen LogP contribution in [0.5, 0.6) is 0 Å². The molecule has 4 rings (SSSR count). The van der Waals surface area contributed by atoms with Crippen LogP contribution in [-0.2, 0) is 26.3 Å². The number of thioether (sulfide) groups is 2. The second-order valence-corrected chi connectivity index (χ2v) is 9.62. The molecule has 33 heavy (non-hydrogen) atoms. The molecule has 0 aliphatic carbocycles. The summed E-state index contributed by atoms with van der Waals surface area (Å²) in [5.41, 5.74) is 6.17. The highest BCUT2D eigenvalue weighted by Gasteiger charge is 2.54. The lowest BCUT2D eigenvalue weighted by atomic mass is 10.0. The standard InChI is InChI=1S/C16H17N9O5S3/c1-24-16(20-22-23-24)33-4-6-3-31-13-9(12(27)25(13)10(6)14(28)29)19-11(26)8(21-30-2)7-5-32-15(17)18-7/h5,9,13H,3-4H2,1-2H3,(H2,17,18)(H,19,26)(H,28,29)/b21-8+/t9-,13+/m1/s1. The molecule has 0 aromatic carbocycles. The summed E-state index contributed by atoms with van der Waals surface area (Å²) in [6, 6.07) is -0.924. The Bertz CT molecular complexity index is 1180. The molecule has 2 aliphatic rings. The molecule has 0 bridgehead atoms. The molecule has 2 atom stereocenters. The Morgan fingerprint density at radius 2 is 2.27 bits per heavy atom. The summed E-state index contributed by atoms with van der Waals surface area (Å²) in [4.78, 5) is 47.6.